The summed E-state index contributed by atoms with van der Waals surface area (Å²) in [6, 6.07) is 76.6. The van der Waals surface area contributed by atoms with Crippen molar-refractivity contribution in [3.8, 4) is 22.3 Å². The van der Waals surface area contributed by atoms with Crippen molar-refractivity contribution < 1.29 is 0 Å². The molecule has 60 heavy (non-hydrogen) atoms. The maximum Gasteiger partial charge on any atom is 0.0714 e. The molecule has 9 aromatic carbocycles. The van der Waals surface area contributed by atoms with Crippen molar-refractivity contribution in [3.63, 3.8) is 0 Å². The predicted octanol–water partition coefficient (Wildman–Crippen LogP) is 13.9. The summed E-state index contributed by atoms with van der Waals surface area (Å²) >= 11 is 1.90. The van der Waals surface area contributed by atoms with E-state index in [1.807, 2.05) is 11.3 Å². The summed E-state index contributed by atoms with van der Waals surface area (Å²) in [5, 5.41) is 7.67. The van der Waals surface area contributed by atoms with Crippen molar-refractivity contribution >= 4 is 66.1 Å². The number of nitrogens with zero attached hydrogens (tertiary/aromatic N) is 1. The van der Waals surface area contributed by atoms with Gasteiger partial charge in [-0.3, -0.25) is 0 Å². The summed E-state index contributed by atoms with van der Waals surface area (Å²) in [5.74, 6) is 0. The number of anilines is 2. The van der Waals surface area contributed by atoms with Crippen molar-refractivity contribution in [2.45, 2.75) is 11.8 Å². The lowest BCUT2D eigenvalue weighted by atomic mass is 9.67. The predicted molar refractivity (Wildman–Crippen MR) is 255 cm³/mol. The van der Waals surface area contributed by atoms with Gasteiger partial charge in [-0.1, -0.05) is 194 Å². The Kier molecular flexibility index (Phi) is 8.08. The van der Waals surface area contributed by atoms with Gasteiger partial charge in [0.1, 0.15) is 0 Å². The fourth-order valence-electron chi connectivity index (χ4n) is 10.2. The van der Waals surface area contributed by atoms with Gasteiger partial charge in [-0.2, -0.15) is 0 Å². The van der Waals surface area contributed by atoms with Crippen LogP contribution in [0.3, 0.4) is 0 Å². The smallest absolute Gasteiger partial charge is 0.0714 e. The molecule has 0 saturated heterocycles. The SMILES string of the molecule is C1=CCC(N(c2cccc(-c3cccc4c3ccc3ccccc34)c2)c2cccc(C3(c4ccccc4)c4ccccc4-c4ccccc43)c2)=c2sc3ccccc3c2=C1. The zero-order chi connectivity index (χ0) is 39.6. The first-order valence-electron chi connectivity index (χ1n) is 20.8. The molecule has 0 unspecified atom stereocenters. The summed E-state index contributed by atoms with van der Waals surface area (Å²) < 4.78 is 2.61. The van der Waals surface area contributed by atoms with Gasteiger partial charge in [0.25, 0.3) is 0 Å². The second-order valence-electron chi connectivity index (χ2n) is 15.9. The van der Waals surface area contributed by atoms with Crippen molar-refractivity contribution in [1.82, 2.24) is 0 Å². The van der Waals surface area contributed by atoms with E-state index >= 15 is 0 Å². The van der Waals surface area contributed by atoms with Crippen LogP contribution in [0.2, 0.25) is 0 Å². The minimum atomic E-state index is -0.506. The number of fused-ring (bicyclic) bond motifs is 9. The lowest BCUT2D eigenvalue weighted by Crippen LogP contribution is -2.30. The maximum atomic E-state index is 2.55. The van der Waals surface area contributed by atoms with E-state index in [4.69, 9.17) is 0 Å². The summed E-state index contributed by atoms with van der Waals surface area (Å²) in [7, 11) is 0. The molecule has 12 rings (SSSR count). The third-order valence-corrected chi connectivity index (χ3v) is 14.0. The molecular formula is C58H39NS. The molecule has 10 aromatic rings. The second-order valence-corrected chi connectivity index (χ2v) is 17.0. The molecule has 0 fully saturated rings. The Hall–Kier alpha value is -7.26. The van der Waals surface area contributed by atoms with Gasteiger partial charge in [-0.25, -0.2) is 0 Å². The monoisotopic (exact) mass is 781 g/mol. The third-order valence-electron chi connectivity index (χ3n) is 12.8. The van der Waals surface area contributed by atoms with E-state index < -0.39 is 5.41 Å². The molecule has 0 spiro atoms. The van der Waals surface area contributed by atoms with Crippen LogP contribution < -0.4 is 14.7 Å². The van der Waals surface area contributed by atoms with Gasteiger partial charge in [0.05, 0.1) is 9.95 Å². The van der Waals surface area contributed by atoms with Crippen LogP contribution in [0.1, 0.15) is 28.7 Å². The molecular weight excluding hydrogens is 743 g/mol. The molecule has 1 nitrogen and oxygen atoms in total. The highest BCUT2D eigenvalue weighted by atomic mass is 32.1. The maximum absolute atomic E-state index is 2.55. The fourth-order valence-corrected chi connectivity index (χ4v) is 11.5. The topological polar surface area (TPSA) is 3.24 Å². The van der Waals surface area contributed by atoms with E-state index in [0.717, 1.165) is 17.8 Å². The molecule has 0 aliphatic heterocycles. The molecule has 2 aliphatic rings. The Morgan fingerprint density at radius 3 is 1.92 bits per heavy atom. The van der Waals surface area contributed by atoms with Gasteiger partial charge in [-0.15, -0.1) is 11.3 Å². The molecule has 1 aromatic heterocycles. The largest absolute Gasteiger partial charge is 0.312 e. The van der Waals surface area contributed by atoms with E-state index in [-0.39, 0.29) is 0 Å². The first-order valence-corrected chi connectivity index (χ1v) is 21.6. The highest BCUT2D eigenvalue weighted by Crippen LogP contribution is 2.56. The van der Waals surface area contributed by atoms with Crippen LogP contribution >= 0.6 is 11.3 Å². The Labute approximate surface area is 353 Å². The first-order chi connectivity index (χ1) is 29.8. The van der Waals surface area contributed by atoms with Crippen LogP contribution in [0, 0.1) is 0 Å². The van der Waals surface area contributed by atoms with Gasteiger partial charge in [0.2, 0.25) is 0 Å². The molecule has 0 N–H and O–H groups in total. The van der Waals surface area contributed by atoms with Crippen LogP contribution in [0.4, 0.5) is 11.4 Å². The minimum absolute atomic E-state index is 0.506. The van der Waals surface area contributed by atoms with E-state index in [2.05, 4.69) is 229 Å². The van der Waals surface area contributed by atoms with Gasteiger partial charge >= 0.3 is 0 Å². The lowest BCUT2D eigenvalue weighted by molar-refractivity contribution is 0.768. The van der Waals surface area contributed by atoms with Gasteiger partial charge in [0.15, 0.2) is 0 Å². The fraction of sp³-hybridized carbons (Fsp3) is 0.0345. The molecule has 0 bridgehead atoms. The van der Waals surface area contributed by atoms with Crippen molar-refractivity contribution in [3.05, 3.63) is 250 Å². The molecule has 2 heteroatoms. The van der Waals surface area contributed by atoms with Crippen molar-refractivity contribution in [2.24, 2.45) is 0 Å². The molecule has 282 valence electrons. The third kappa shape index (κ3) is 5.24. The Morgan fingerprint density at radius 2 is 1.08 bits per heavy atom. The molecule has 0 radical (unpaired) electrons. The van der Waals surface area contributed by atoms with Crippen molar-refractivity contribution in [2.75, 3.05) is 4.90 Å². The Morgan fingerprint density at radius 1 is 0.450 bits per heavy atom. The van der Waals surface area contributed by atoms with E-state index in [1.165, 1.54) is 91.6 Å². The van der Waals surface area contributed by atoms with Gasteiger partial charge < -0.3 is 4.90 Å². The highest BCUT2D eigenvalue weighted by Gasteiger charge is 2.46. The summed E-state index contributed by atoms with van der Waals surface area (Å²) in [4.78, 5) is 2.55. The van der Waals surface area contributed by atoms with E-state index in [0.29, 0.717) is 0 Å². The normalized spacial score (nSPS) is 13.8. The average molecular weight is 782 g/mol. The molecule has 2 aliphatic carbocycles. The van der Waals surface area contributed by atoms with Crippen molar-refractivity contribution in [1.29, 1.82) is 0 Å². The lowest BCUT2D eigenvalue weighted by Gasteiger charge is -2.35. The van der Waals surface area contributed by atoms with Crippen LogP contribution in [0.5, 0.6) is 0 Å². The zero-order valence-corrected chi connectivity index (χ0v) is 33.7. The van der Waals surface area contributed by atoms with Gasteiger partial charge in [-0.05, 0) is 96.4 Å². The van der Waals surface area contributed by atoms with E-state index in [9.17, 15) is 0 Å². The summed E-state index contributed by atoms with van der Waals surface area (Å²) in [5.41, 5.74) is 13.2. The highest BCUT2D eigenvalue weighted by molar-refractivity contribution is 7.17. The minimum Gasteiger partial charge on any atom is -0.312 e. The number of thiophene rings is 1. The number of rotatable bonds is 6. The molecule has 1 heterocycles. The summed E-state index contributed by atoms with van der Waals surface area (Å²) in [6.07, 6.45) is 7.67. The number of hydrogen-bond acceptors (Lipinski definition) is 2. The van der Waals surface area contributed by atoms with Crippen LogP contribution in [-0.2, 0) is 5.41 Å². The average Bonchev–Trinajstić information content (AvgIpc) is 3.75. The number of allylic oxidation sites excluding steroid dienone is 1. The van der Waals surface area contributed by atoms with Crippen LogP contribution in [-0.4, -0.2) is 0 Å². The van der Waals surface area contributed by atoms with Crippen LogP contribution in [0.15, 0.2) is 218 Å². The number of hydrogen-bond donors (Lipinski definition) is 0. The standard InChI is InChI=1S/C58H39NS/c1-2-19-41(20-3-1)58(53-31-10-6-25-49(53)50-26-7-11-32-54(50)58)42-21-15-23-44(38-42)59(55-33-12-8-28-52-51-27-9-13-34-56(51)60-57(52)55)43-22-14-18-40(37-43)46-29-16-30-47-45-24-5-4-17-39(45)35-36-48(46)47/h1-32,34-38H,33H2. The zero-order valence-electron chi connectivity index (χ0n) is 32.9. The molecule has 0 atom stereocenters. The quantitative estimate of drug-likeness (QED) is 0.152. The summed E-state index contributed by atoms with van der Waals surface area (Å²) in [6.45, 7) is 0. The van der Waals surface area contributed by atoms with E-state index in [1.54, 1.807) is 0 Å². The first kappa shape index (κ1) is 34.8. The Balaban J connectivity index is 1.13. The molecule has 0 saturated carbocycles. The Bertz CT molecular complexity index is 3430. The van der Waals surface area contributed by atoms with Crippen LogP contribution in [0.25, 0.3) is 65.7 Å². The second kappa shape index (κ2) is 13.9. The van der Waals surface area contributed by atoms with Gasteiger partial charge in [0, 0.05) is 38.8 Å². The number of benzene rings is 9. The molecule has 0 amide bonds.